The number of epoxide rings is 1. The minimum atomic E-state index is -2.24. The van der Waals surface area contributed by atoms with Gasteiger partial charge in [-0.15, -0.1) is 11.3 Å². The van der Waals surface area contributed by atoms with Crippen LogP contribution in [0.25, 0.3) is 6.08 Å². The molecule has 3 rings (SSSR count). The zero-order valence-corrected chi connectivity index (χ0v) is 21.8. The Hall–Kier alpha value is -2.06. The zero-order valence-electron chi connectivity index (χ0n) is 21.0. The highest BCUT2D eigenvalue weighted by Crippen LogP contribution is 2.40. The first kappa shape index (κ1) is 28.5. The van der Waals surface area contributed by atoms with Crippen LogP contribution in [0.2, 0.25) is 0 Å². The van der Waals surface area contributed by atoms with Gasteiger partial charge in [-0.1, -0.05) is 6.92 Å². The predicted molar refractivity (Wildman–Crippen MR) is 138 cm³/mol. The van der Waals surface area contributed by atoms with Crippen molar-refractivity contribution in [3.8, 4) is 0 Å². The smallest absolute Gasteiger partial charge is 0.223 e. The van der Waals surface area contributed by atoms with E-state index in [1.54, 1.807) is 0 Å². The third-order valence-electron chi connectivity index (χ3n) is 7.18. The minimum absolute atomic E-state index is 0.301. The topological polar surface area (TPSA) is 202 Å². The number of nitrogens with two attached hydrogens (primary N) is 3. The van der Waals surface area contributed by atoms with Crippen molar-refractivity contribution in [1.82, 2.24) is 10.3 Å². The van der Waals surface area contributed by atoms with Gasteiger partial charge in [0.1, 0.15) is 17.9 Å². The monoisotopic (exact) mass is 522 g/mol. The number of ether oxygens (including phenoxy) is 1. The summed E-state index contributed by atoms with van der Waals surface area (Å²) in [5.74, 6) is -2.36. The van der Waals surface area contributed by atoms with E-state index in [2.05, 4.69) is 22.0 Å². The molecule has 2 saturated heterocycles. The van der Waals surface area contributed by atoms with Gasteiger partial charge in [-0.2, -0.15) is 0 Å². The number of aliphatic hydroxyl groups excluding tert-OH is 2. The van der Waals surface area contributed by atoms with Gasteiger partial charge in [0.25, 0.3) is 0 Å². The number of ketones is 1. The van der Waals surface area contributed by atoms with Crippen LogP contribution in [0.1, 0.15) is 56.7 Å². The molecule has 3 heterocycles. The number of nitrogens with one attached hydrogen (secondary N) is 1. The molecule has 9 N–H and O–H groups in total. The quantitative estimate of drug-likeness (QED) is 0.179. The van der Waals surface area contributed by atoms with Crippen LogP contribution >= 0.6 is 11.3 Å². The summed E-state index contributed by atoms with van der Waals surface area (Å²) >= 11 is 1.52. The number of aryl methyl sites for hydroxylation is 1. The number of carbonyl (C=O) groups is 2. The summed E-state index contributed by atoms with van der Waals surface area (Å²) in [6, 6.07) is -1.12. The van der Waals surface area contributed by atoms with Gasteiger partial charge in [-0.05, 0) is 51.5 Å². The molecule has 0 aromatic carbocycles. The summed E-state index contributed by atoms with van der Waals surface area (Å²) in [7, 11) is 0. The van der Waals surface area contributed by atoms with Crippen LogP contribution in [-0.4, -0.2) is 75.4 Å². The van der Waals surface area contributed by atoms with Crippen molar-refractivity contribution in [2.24, 2.45) is 28.1 Å². The van der Waals surface area contributed by atoms with Crippen molar-refractivity contribution in [2.45, 2.75) is 94.7 Å². The Kier molecular flexibility index (Phi) is 8.82. The largest absolute Gasteiger partial charge is 0.390 e. The van der Waals surface area contributed by atoms with Gasteiger partial charge in [-0.3, -0.25) is 14.6 Å². The van der Waals surface area contributed by atoms with Crippen molar-refractivity contribution in [1.29, 1.82) is 0 Å². The van der Waals surface area contributed by atoms with Gasteiger partial charge in [0, 0.05) is 17.7 Å². The van der Waals surface area contributed by atoms with Crippen molar-refractivity contribution >= 4 is 35.8 Å². The van der Waals surface area contributed by atoms with E-state index in [1.165, 1.54) is 18.3 Å². The molecule has 0 spiro atoms. The van der Waals surface area contributed by atoms with E-state index >= 15 is 0 Å². The van der Waals surface area contributed by atoms with Crippen molar-refractivity contribution in [2.75, 3.05) is 0 Å². The van der Waals surface area contributed by atoms with Gasteiger partial charge in [-0.25, -0.2) is 4.98 Å². The molecule has 1 amide bonds. The summed E-state index contributed by atoms with van der Waals surface area (Å²) < 4.78 is 5.82. The molecule has 2 fully saturated rings. The maximum absolute atomic E-state index is 13.0. The molecule has 1 aromatic heterocycles. The number of thiazole rings is 1. The summed E-state index contributed by atoms with van der Waals surface area (Å²) in [6.45, 7) is 8.78. The number of nitrogens with zero attached hydrogens (tertiary/aromatic N) is 2. The second kappa shape index (κ2) is 11.1. The molecule has 2 aliphatic heterocycles. The molecule has 36 heavy (non-hydrogen) atoms. The van der Waals surface area contributed by atoms with Gasteiger partial charge in [0.05, 0.1) is 35.3 Å². The normalized spacial score (nSPS) is 36.6. The van der Waals surface area contributed by atoms with Crippen LogP contribution in [0.4, 0.5) is 0 Å². The van der Waals surface area contributed by atoms with Crippen LogP contribution in [0.3, 0.4) is 0 Å². The molecule has 7 atom stereocenters. The third-order valence-corrected chi connectivity index (χ3v) is 7.97. The maximum Gasteiger partial charge on any atom is 0.223 e. The van der Waals surface area contributed by atoms with E-state index in [-0.39, 0.29) is 6.10 Å². The van der Waals surface area contributed by atoms with Gasteiger partial charge < -0.3 is 37.5 Å². The number of carbonyl (C=O) groups excluding carboxylic acids is 2. The third kappa shape index (κ3) is 6.43. The molecule has 200 valence electrons. The number of rotatable bonds is 3. The van der Waals surface area contributed by atoms with Crippen LogP contribution in [0.5, 0.6) is 0 Å². The molecular weight excluding hydrogens is 484 g/mol. The molecule has 0 saturated carbocycles. The molecule has 0 radical (unpaired) electrons. The Balaban J connectivity index is 1.87. The highest BCUT2D eigenvalue weighted by atomic mass is 32.1. The molecule has 1 aromatic rings. The number of amides is 1. The van der Waals surface area contributed by atoms with Crippen LogP contribution in [-0.2, 0) is 14.3 Å². The van der Waals surface area contributed by atoms with Gasteiger partial charge in [0.15, 0.2) is 11.4 Å². The minimum Gasteiger partial charge on any atom is -0.390 e. The average Bonchev–Trinajstić information content (AvgIpc) is 3.26. The van der Waals surface area contributed by atoms with E-state index in [4.69, 9.17) is 21.9 Å². The lowest BCUT2D eigenvalue weighted by atomic mass is 9.83. The lowest BCUT2D eigenvalue weighted by Gasteiger charge is -2.34. The summed E-state index contributed by atoms with van der Waals surface area (Å²) in [4.78, 5) is 34.4. The van der Waals surface area contributed by atoms with E-state index in [1.807, 2.05) is 25.3 Å². The zero-order chi connectivity index (χ0) is 26.8. The molecule has 2 aliphatic rings. The Bertz CT molecular complexity index is 1010. The average molecular weight is 523 g/mol. The molecule has 4 unspecified atom stereocenters. The van der Waals surface area contributed by atoms with E-state index < -0.39 is 59.7 Å². The molecule has 0 bridgehead atoms. The summed E-state index contributed by atoms with van der Waals surface area (Å²) in [5, 5.41) is 27.1. The number of hydrogen-bond acceptors (Lipinski definition) is 11. The van der Waals surface area contributed by atoms with Crippen LogP contribution in [0, 0.1) is 12.8 Å². The van der Waals surface area contributed by atoms with Crippen LogP contribution < -0.4 is 22.5 Å². The van der Waals surface area contributed by atoms with Crippen molar-refractivity contribution in [3.05, 3.63) is 21.7 Å². The molecular formula is C24H38N6O5S. The number of aromatic nitrogens is 1. The number of Topliss-reactive ketones (excluding diaryl/α,β-unsaturated/α-hetero) is 1. The number of fused-ring (bicyclic) bond motifs is 1. The Morgan fingerprint density at radius 2 is 2.06 bits per heavy atom. The fourth-order valence-corrected chi connectivity index (χ4v) is 5.22. The van der Waals surface area contributed by atoms with E-state index in [9.17, 15) is 19.8 Å². The lowest BCUT2D eigenvalue weighted by Crippen LogP contribution is -2.67. The Morgan fingerprint density at radius 1 is 1.36 bits per heavy atom. The standard InChI is InChI=1S/C24H38N6O5S/c1-12(8-15-11-36-14(3)29-15)17-9-19-23(25,35-19)7-5-6-16(28-4)21(33)13(2)22(34)24(26,27)18(31)10-20(32)30-17/h8,11,13,16-19,21,31,33H,4-7,9-10,25-27H2,1-3H3,(H,30,32)/b12-8+/t13?,16?,17?,18?,19-,21+,23+/m0/s1. The SMILES string of the molecule is C=NC1CCC[C@@]2(N)O[C@H]2CC(/C(C)=C/c2csc(C)n2)NC(=O)CC(O)C(N)(N)C(=O)C(C)[C@H]1O. The highest BCUT2D eigenvalue weighted by Gasteiger charge is 2.53. The van der Waals surface area contributed by atoms with Crippen molar-refractivity contribution in [3.63, 3.8) is 0 Å². The molecule has 11 nitrogen and oxygen atoms in total. The first-order valence-corrected chi connectivity index (χ1v) is 13.0. The Labute approximate surface area is 215 Å². The Morgan fingerprint density at radius 3 is 2.67 bits per heavy atom. The molecule has 0 aliphatic carbocycles. The fourth-order valence-electron chi connectivity index (χ4n) is 4.65. The predicted octanol–water partition coefficient (Wildman–Crippen LogP) is -0.0326. The maximum atomic E-state index is 13.0. The summed E-state index contributed by atoms with van der Waals surface area (Å²) in [5.41, 5.74) is 16.9. The first-order valence-electron chi connectivity index (χ1n) is 12.1. The lowest BCUT2D eigenvalue weighted by molar-refractivity contribution is -0.137. The van der Waals surface area contributed by atoms with Gasteiger partial charge >= 0.3 is 0 Å². The fraction of sp³-hybridized carbons (Fsp3) is 0.667. The summed E-state index contributed by atoms with van der Waals surface area (Å²) in [6.07, 6.45) is 0.0698. The van der Waals surface area contributed by atoms with Gasteiger partial charge in [0.2, 0.25) is 5.91 Å². The molecule has 12 heteroatoms. The second-order valence-corrected chi connectivity index (χ2v) is 11.1. The van der Waals surface area contributed by atoms with E-state index in [0.29, 0.717) is 25.7 Å². The van der Waals surface area contributed by atoms with Crippen molar-refractivity contribution < 1.29 is 24.5 Å². The number of aliphatic hydroxyl groups is 2. The second-order valence-electron chi connectivity index (χ2n) is 10.0. The van der Waals surface area contributed by atoms with Crippen LogP contribution in [0.15, 0.2) is 15.9 Å². The highest BCUT2D eigenvalue weighted by molar-refractivity contribution is 7.09. The number of aliphatic imine (C=N–C) groups is 1. The number of hydrogen-bond donors (Lipinski definition) is 6. The first-order chi connectivity index (χ1) is 16.8. The van der Waals surface area contributed by atoms with E-state index in [0.717, 1.165) is 16.3 Å².